The maximum Gasteiger partial charge on any atom is 0.191 e. The Kier molecular flexibility index (Phi) is 9.07. The Hall–Kier alpha value is -1.63. The van der Waals surface area contributed by atoms with E-state index in [1.165, 1.54) is 43.5 Å². The highest BCUT2D eigenvalue weighted by atomic mass is 16.5. The van der Waals surface area contributed by atoms with Gasteiger partial charge in [0.15, 0.2) is 5.96 Å². The summed E-state index contributed by atoms with van der Waals surface area (Å²) in [5.41, 5.74) is 2.68. The number of rotatable bonds is 8. The summed E-state index contributed by atoms with van der Waals surface area (Å²) in [4.78, 5) is 9.87. The molecule has 6 nitrogen and oxygen atoms in total. The van der Waals surface area contributed by atoms with Crippen LogP contribution in [0.3, 0.4) is 0 Å². The molecule has 0 amide bonds. The normalized spacial score (nSPS) is 19.5. The van der Waals surface area contributed by atoms with Gasteiger partial charge in [0.2, 0.25) is 0 Å². The number of hydrogen-bond acceptors (Lipinski definition) is 4. The van der Waals surface area contributed by atoms with Gasteiger partial charge in [-0.25, -0.2) is 4.99 Å². The molecule has 0 aliphatic carbocycles. The van der Waals surface area contributed by atoms with Crippen molar-refractivity contribution < 1.29 is 4.74 Å². The lowest BCUT2D eigenvalue weighted by molar-refractivity contribution is 0.0341. The van der Waals surface area contributed by atoms with Gasteiger partial charge in [0.25, 0.3) is 0 Å². The monoisotopic (exact) mass is 387 g/mol. The molecule has 0 aromatic heterocycles. The maximum atomic E-state index is 5.47. The van der Waals surface area contributed by atoms with Crippen LogP contribution in [-0.2, 0) is 17.8 Å². The SMILES string of the molecule is CCNC(=NCc1ccccc1CN1CCOCC1)NCCN1CCCCC1. The highest BCUT2D eigenvalue weighted by Crippen LogP contribution is 2.14. The minimum atomic E-state index is 0.708. The van der Waals surface area contributed by atoms with Crippen LogP contribution in [-0.4, -0.2) is 74.8 Å². The van der Waals surface area contributed by atoms with Crippen molar-refractivity contribution in [2.24, 2.45) is 4.99 Å². The van der Waals surface area contributed by atoms with Crippen LogP contribution < -0.4 is 10.6 Å². The smallest absolute Gasteiger partial charge is 0.191 e. The van der Waals surface area contributed by atoms with E-state index in [0.717, 1.165) is 58.4 Å². The van der Waals surface area contributed by atoms with Gasteiger partial charge in [0, 0.05) is 39.3 Å². The first kappa shape index (κ1) is 21.1. The van der Waals surface area contributed by atoms with E-state index in [0.29, 0.717) is 6.54 Å². The molecule has 0 saturated carbocycles. The molecule has 1 aromatic carbocycles. The van der Waals surface area contributed by atoms with Crippen LogP contribution in [0.25, 0.3) is 0 Å². The molecule has 156 valence electrons. The highest BCUT2D eigenvalue weighted by Gasteiger charge is 2.13. The molecule has 2 N–H and O–H groups in total. The quantitative estimate of drug-likeness (QED) is 0.528. The zero-order chi connectivity index (χ0) is 19.4. The Bertz CT molecular complexity index is 594. The molecule has 1 aromatic rings. The Morgan fingerprint density at radius 3 is 2.46 bits per heavy atom. The highest BCUT2D eigenvalue weighted by molar-refractivity contribution is 5.79. The second kappa shape index (κ2) is 12.0. The van der Waals surface area contributed by atoms with Crippen molar-refractivity contribution in [2.75, 3.05) is 59.0 Å². The van der Waals surface area contributed by atoms with Crippen molar-refractivity contribution in [3.63, 3.8) is 0 Å². The number of likely N-dealkylation sites (tertiary alicyclic amines) is 1. The fourth-order valence-electron chi connectivity index (χ4n) is 3.89. The number of benzene rings is 1. The van der Waals surface area contributed by atoms with E-state index < -0.39 is 0 Å². The van der Waals surface area contributed by atoms with E-state index in [4.69, 9.17) is 9.73 Å². The molecule has 0 atom stereocenters. The lowest BCUT2D eigenvalue weighted by Gasteiger charge is -2.27. The van der Waals surface area contributed by atoms with Crippen molar-refractivity contribution in [1.29, 1.82) is 0 Å². The molecule has 2 aliphatic heterocycles. The molecule has 3 rings (SSSR count). The number of ether oxygens (including phenoxy) is 1. The molecule has 2 fully saturated rings. The molecule has 6 heteroatoms. The van der Waals surface area contributed by atoms with Crippen LogP contribution in [0.5, 0.6) is 0 Å². The van der Waals surface area contributed by atoms with Gasteiger partial charge in [0.1, 0.15) is 0 Å². The fraction of sp³-hybridized carbons (Fsp3) is 0.682. The number of guanidine groups is 1. The predicted molar refractivity (Wildman–Crippen MR) is 116 cm³/mol. The minimum Gasteiger partial charge on any atom is -0.379 e. The van der Waals surface area contributed by atoms with E-state index in [1.807, 2.05) is 0 Å². The molecule has 2 heterocycles. The first-order valence-corrected chi connectivity index (χ1v) is 11.0. The van der Waals surface area contributed by atoms with Crippen LogP contribution in [0.1, 0.15) is 37.3 Å². The molecule has 28 heavy (non-hydrogen) atoms. The summed E-state index contributed by atoms with van der Waals surface area (Å²) in [5, 5.41) is 6.89. The first-order valence-electron chi connectivity index (χ1n) is 11.0. The van der Waals surface area contributed by atoms with Gasteiger partial charge in [-0.1, -0.05) is 30.7 Å². The minimum absolute atomic E-state index is 0.708. The van der Waals surface area contributed by atoms with E-state index in [1.54, 1.807) is 0 Å². The van der Waals surface area contributed by atoms with Gasteiger partial charge >= 0.3 is 0 Å². The number of aliphatic imine (C=N–C) groups is 1. The van der Waals surface area contributed by atoms with Crippen molar-refractivity contribution in [3.05, 3.63) is 35.4 Å². The maximum absolute atomic E-state index is 5.47. The van der Waals surface area contributed by atoms with Crippen LogP contribution in [0.4, 0.5) is 0 Å². The number of piperidine rings is 1. The third kappa shape index (κ3) is 7.08. The summed E-state index contributed by atoms with van der Waals surface area (Å²) in [7, 11) is 0. The fourth-order valence-corrected chi connectivity index (χ4v) is 3.89. The van der Waals surface area contributed by atoms with Gasteiger partial charge < -0.3 is 20.3 Å². The van der Waals surface area contributed by atoms with Crippen LogP contribution in [0, 0.1) is 0 Å². The molecule has 0 radical (unpaired) electrons. The summed E-state index contributed by atoms with van der Waals surface area (Å²) in [5.74, 6) is 0.917. The second-order valence-electron chi connectivity index (χ2n) is 7.68. The molecule has 2 aliphatic rings. The average Bonchev–Trinajstić information content (AvgIpc) is 2.74. The second-order valence-corrected chi connectivity index (χ2v) is 7.68. The van der Waals surface area contributed by atoms with Crippen LogP contribution in [0.2, 0.25) is 0 Å². The van der Waals surface area contributed by atoms with Gasteiger partial charge in [-0.3, -0.25) is 4.90 Å². The Morgan fingerprint density at radius 2 is 1.71 bits per heavy atom. The molecule has 0 bridgehead atoms. The molecular weight excluding hydrogens is 350 g/mol. The van der Waals surface area contributed by atoms with E-state index >= 15 is 0 Å². The van der Waals surface area contributed by atoms with Crippen molar-refractivity contribution in [3.8, 4) is 0 Å². The number of nitrogens with one attached hydrogen (secondary N) is 2. The number of nitrogens with zero attached hydrogens (tertiary/aromatic N) is 3. The Labute approximate surface area is 170 Å². The summed E-state index contributed by atoms with van der Waals surface area (Å²) in [6.45, 7) is 12.9. The number of morpholine rings is 1. The van der Waals surface area contributed by atoms with Gasteiger partial charge in [-0.2, -0.15) is 0 Å². The first-order chi connectivity index (χ1) is 13.8. The Morgan fingerprint density at radius 1 is 0.964 bits per heavy atom. The third-order valence-corrected chi connectivity index (χ3v) is 5.54. The average molecular weight is 388 g/mol. The zero-order valence-corrected chi connectivity index (χ0v) is 17.5. The summed E-state index contributed by atoms with van der Waals surface area (Å²) >= 11 is 0. The van der Waals surface area contributed by atoms with Gasteiger partial charge in [-0.15, -0.1) is 0 Å². The topological polar surface area (TPSA) is 52.1 Å². The standard InChI is InChI=1S/C22H37N5O/c1-2-23-22(24-10-13-26-11-6-3-7-12-26)25-18-20-8-4-5-9-21(20)19-27-14-16-28-17-15-27/h4-5,8-9H,2-3,6-7,10-19H2,1H3,(H2,23,24,25). The summed E-state index contributed by atoms with van der Waals surface area (Å²) in [6, 6.07) is 8.68. The summed E-state index contributed by atoms with van der Waals surface area (Å²) in [6.07, 6.45) is 4.07. The van der Waals surface area contributed by atoms with E-state index in [-0.39, 0.29) is 0 Å². The van der Waals surface area contributed by atoms with E-state index in [2.05, 4.69) is 51.6 Å². The zero-order valence-electron chi connectivity index (χ0n) is 17.5. The largest absolute Gasteiger partial charge is 0.379 e. The number of hydrogen-bond donors (Lipinski definition) is 2. The molecule has 0 unspecified atom stereocenters. The summed E-state index contributed by atoms with van der Waals surface area (Å²) < 4.78 is 5.47. The van der Waals surface area contributed by atoms with Crippen molar-refractivity contribution >= 4 is 5.96 Å². The lowest BCUT2D eigenvalue weighted by atomic mass is 10.1. The molecular formula is C22H37N5O. The van der Waals surface area contributed by atoms with E-state index in [9.17, 15) is 0 Å². The van der Waals surface area contributed by atoms with Crippen molar-refractivity contribution in [1.82, 2.24) is 20.4 Å². The Balaban J connectivity index is 1.52. The van der Waals surface area contributed by atoms with Crippen LogP contribution >= 0.6 is 0 Å². The van der Waals surface area contributed by atoms with Gasteiger partial charge in [0.05, 0.1) is 19.8 Å². The molecule has 2 saturated heterocycles. The third-order valence-electron chi connectivity index (χ3n) is 5.54. The predicted octanol–water partition coefficient (Wildman–Crippen LogP) is 2.06. The lowest BCUT2D eigenvalue weighted by Crippen LogP contribution is -2.42. The van der Waals surface area contributed by atoms with Crippen LogP contribution in [0.15, 0.2) is 29.3 Å². The van der Waals surface area contributed by atoms with Gasteiger partial charge in [-0.05, 0) is 44.0 Å². The van der Waals surface area contributed by atoms with Crippen molar-refractivity contribution in [2.45, 2.75) is 39.3 Å². The molecule has 0 spiro atoms.